The van der Waals surface area contributed by atoms with Crippen LogP contribution in [-0.4, -0.2) is 15.6 Å². The lowest BCUT2D eigenvalue weighted by Gasteiger charge is -2.38. The van der Waals surface area contributed by atoms with Crippen LogP contribution in [0.15, 0.2) is 59.8 Å². The molecular formula is C25H23Cl2N3O. The van der Waals surface area contributed by atoms with Crippen LogP contribution in [0.25, 0.3) is 5.69 Å². The van der Waals surface area contributed by atoms with E-state index in [1.807, 2.05) is 54.1 Å². The van der Waals surface area contributed by atoms with Gasteiger partial charge in [-0.05, 0) is 48.6 Å². The number of allylic oxidation sites excluding steroid dienone is 2. The second-order valence-electron chi connectivity index (χ2n) is 9.16. The Bertz CT molecular complexity index is 1240. The van der Waals surface area contributed by atoms with Crippen LogP contribution in [0, 0.1) is 12.3 Å². The highest BCUT2D eigenvalue weighted by Crippen LogP contribution is 2.50. The molecule has 6 heteroatoms. The van der Waals surface area contributed by atoms with Gasteiger partial charge in [-0.25, -0.2) is 4.68 Å². The SMILES string of the molecule is Cc1nn(-c2ccccc2)c2c1[C@@H](c1ccc(Cl)c(Cl)c1)C1=C(CC(C)(C)CC1=O)N2. The van der Waals surface area contributed by atoms with Gasteiger partial charge in [-0.2, -0.15) is 5.10 Å². The first-order valence-corrected chi connectivity index (χ1v) is 11.1. The Labute approximate surface area is 191 Å². The molecule has 1 aliphatic heterocycles. The van der Waals surface area contributed by atoms with Gasteiger partial charge in [-0.1, -0.05) is 61.3 Å². The molecule has 0 spiro atoms. The Morgan fingerprint density at radius 3 is 2.52 bits per heavy atom. The number of rotatable bonds is 2. The predicted molar refractivity (Wildman–Crippen MR) is 125 cm³/mol. The molecule has 1 aromatic heterocycles. The summed E-state index contributed by atoms with van der Waals surface area (Å²) in [6.07, 6.45) is 1.32. The number of hydrogen-bond acceptors (Lipinski definition) is 3. The maximum atomic E-state index is 13.4. The lowest BCUT2D eigenvalue weighted by molar-refractivity contribution is -0.118. The molecule has 0 bridgehead atoms. The smallest absolute Gasteiger partial charge is 0.162 e. The number of benzene rings is 2. The first kappa shape index (κ1) is 20.3. The number of halogens is 2. The fraction of sp³-hybridized carbons (Fsp3) is 0.280. The Morgan fingerprint density at radius 1 is 1.06 bits per heavy atom. The second-order valence-corrected chi connectivity index (χ2v) is 9.97. The number of para-hydroxylation sites is 1. The summed E-state index contributed by atoms with van der Waals surface area (Å²) in [5.74, 6) is 0.846. The van der Waals surface area contributed by atoms with E-state index in [4.69, 9.17) is 28.3 Å². The zero-order chi connectivity index (χ0) is 21.9. The quantitative estimate of drug-likeness (QED) is 0.471. The third-order valence-corrected chi connectivity index (χ3v) is 6.89. The monoisotopic (exact) mass is 451 g/mol. The van der Waals surface area contributed by atoms with Gasteiger partial charge in [0.05, 0.1) is 21.4 Å². The summed E-state index contributed by atoms with van der Waals surface area (Å²) in [5, 5.41) is 9.44. The molecule has 2 heterocycles. The van der Waals surface area contributed by atoms with E-state index in [0.29, 0.717) is 16.5 Å². The molecule has 5 rings (SSSR count). The van der Waals surface area contributed by atoms with Crippen molar-refractivity contribution in [3.05, 3.63) is 86.7 Å². The van der Waals surface area contributed by atoms with Crippen molar-refractivity contribution in [1.82, 2.24) is 9.78 Å². The van der Waals surface area contributed by atoms with E-state index < -0.39 is 0 Å². The normalized spacial score (nSPS) is 19.6. The minimum atomic E-state index is -0.234. The Balaban J connectivity index is 1.77. The molecule has 4 nitrogen and oxygen atoms in total. The zero-order valence-corrected chi connectivity index (χ0v) is 19.2. The highest BCUT2D eigenvalue weighted by atomic mass is 35.5. The van der Waals surface area contributed by atoms with Gasteiger partial charge >= 0.3 is 0 Å². The topological polar surface area (TPSA) is 46.9 Å². The summed E-state index contributed by atoms with van der Waals surface area (Å²) in [6, 6.07) is 15.7. The van der Waals surface area contributed by atoms with Crippen LogP contribution in [0.1, 0.15) is 49.4 Å². The predicted octanol–water partition coefficient (Wildman–Crippen LogP) is 6.69. The fourth-order valence-corrected chi connectivity index (χ4v) is 5.16. The molecule has 0 saturated carbocycles. The van der Waals surface area contributed by atoms with E-state index in [1.54, 1.807) is 6.07 Å². The first-order chi connectivity index (χ1) is 14.7. The van der Waals surface area contributed by atoms with Gasteiger partial charge in [0, 0.05) is 29.2 Å². The van der Waals surface area contributed by atoms with Crippen molar-refractivity contribution in [2.45, 2.75) is 39.5 Å². The number of hydrogen-bond donors (Lipinski definition) is 1. The summed E-state index contributed by atoms with van der Waals surface area (Å²) in [6.45, 7) is 6.27. The summed E-state index contributed by atoms with van der Waals surface area (Å²) in [4.78, 5) is 13.4. The summed E-state index contributed by atoms with van der Waals surface area (Å²) < 4.78 is 1.94. The number of nitrogens with zero attached hydrogens (tertiary/aromatic N) is 2. The highest BCUT2D eigenvalue weighted by molar-refractivity contribution is 6.42. The molecule has 1 atom stereocenters. The molecule has 1 N–H and O–H groups in total. The van der Waals surface area contributed by atoms with E-state index >= 15 is 0 Å². The minimum absolute atomic E-state index is 0.102. The number of Topliss-reactive ketones (excluding diaryl/α,β-unsaturated/α-hetero) is 1. The number of anilines is 1. The van der Waals surface area contributed by atoms with Crippen molar-refractivity contribution in [2.24, 2.45) is 5.41 Å². The molecular weight excluding hydrogens is 429 g/mol. The molecule has 31 heavy (non-hydrogen) atoms. The number of carbonyl (C=O) groups excluding carboxylic acids is 1. The molecule has 0 fully saturated rings. The Morgan fingerprint density at radius 2 is 1.81 bits per heavy atom. The molecule has 3 aromatic rings. The second kappa shape index (κ2) is 7.25. The molecule has 0 unspecified atom stereocenters. The maximum absolute atomic E-state index is 13.4. The molecule has 1 aliphatic carbocycles. The average molecular weight is 452 g/mol. The van der Waals surface area contributed by atoms with Crippen molar-refractivity contribution in [3.8, 4) is 5.69 Å². The van der Waals surface area contributed by atoms with Gasteiger partial charge in [0.2, 0.25) is 0 Å². The van der Waals surface area contributed by atoms with Crippen molar-refractivity contribution in [1.29, 1.82) is 0 Å². The lowest BCUT2D eigenvalue weighted by atomic mass is 9.69. The molecule has 0 amide bonds. The first-order valence-electron chi connectivity index (χ1n) is 10.4. The number of fused-ring (bicyclic) bond motifs is 1. The van der Waals surface area contributed by atoms with Gasteiger partial charge in [0.15, 0.2) is 5.78 Å². The third-order valence-electron chi connectivity index (χ3n) is 6.15. The van der Waals surface area contributed by atoms with Crippen molar-refractivity contribution < 1.29 is 4.79 Å². The van der Waals surface area contributed by atoms with Crippen LogP contribution < -0.4 is 5.32 Å². The van der Waals surface area contributed by atoms with Gasteiger partial charge < -0.3 is 5.32 Å². The zero-order valence-electron chi connectivity index (χ0n) is 17.7. The summed E-state index contributed by atoms with van der Waals surface area (Å²) in [7, 11) is 0. The molecule has 158 valence electrons. The average Bonchev–Trinajstić information content (AvgIpc) is 3.04. The standard InChI is InChI=1S/C25H23Cl2N3O/c1-14-21-22(15-9-10-17(26)18(27)11-15)23-19(12-25(2,3)13-20(23)31)28-24(21)30(29-14)16-7-5-4-6-8-16/h4-11,22,28H,12-13H2,1-3H3/t22-/m1/s1. The Hall–Kier alpha value is -2.56. The van der Waals surface area contributed by atoms with Crippen molar-refractivity contribution >= 4 is 34.8 Å². The van der Waals surface area contributed by atoms with Crippen LogP contribution in [-0.2, 0) is 4.79 Å². The minimum Gasteiger partial charge on any atom is -0.343 e. The molecule has 0 radical (unpaired) electrons. The van der Waals surface area contributed by atoms with Gasteiger partial charge in [-0.3, -0.25) is 4.79 Å². The number of carbonyl (C=O) groups is 1. The maximum Gasteiger partial charge on any atom is 0.162 e. The van der Waals surface area contributed by atoms with Gasteiger partial charge in [-0.15, -0.1) is 0 Å². The number of aromatic nitrogens is 2. The number of aryl methyl sites for hydroxylation is 1. The summed E-state index contributed by atoms with van der Waals surface area (Å²) >= 11 is 12.6. The van der Waals surface area contributed by atoms with E-state index in [-0.39, 0.29) is 17.1 Å². The fourth-order valence-electron chi connectivity index (χ4n) is 4.85. The van der Waals surface area contributed by atoms with Crippen LogP contribution in [0.4, 0.5) is 5.82 Å². The van der Waals surface area contributed by atoms with Crippen LogP contribution in [0.3, 0.4) is 0 Å². The van der Waals surface area contributed by atoms with Crippen LogP contribution in [0.5, 0.6) is 0 Å². The molecule has 2 aliphatic rings. The van der Waals surface area contributed by atoms with Gasteiger partial charge in [0.25, 0.3) is 0 Å². The van der Waals surface area contributed by atoms with E-state index in [9.17, 15) is 4.79 Å². The highest BCUT2D eigenvalue weighted by Gasteiger charge is 2.43. The summed E-state index contributed by atoms with van der Waals surface area (Å²) in [5.41, 5.74) is 5.50. The van der Waals surface area contributed by atoms with E-state index in [0.717, 1.165) is 46.0 Å². The number of ketones is 1. The van der Waals surface area contributed by atoms with Crippen molar-refractivity contribution in [3.63, 3.8) is 0 Å². The largest absolute Gasteiger partial charge is 0.343 e. The molecule has 2 aromatic carbocycles. The molecule has 0 saturated heterocycles. The van der Waals surface area contributed by atoms with Crippen LogP contribution >= 0.6 is 23.2 Å². The van der Waals surface area contributed by atoms with E-state index in [2.05, 4.69) is 19.2 Å². The third kappa shape index (κ3) is 3.38. The van der Waals surface area contributed by atoms with Gasteiger partial charge in [0.1, 0.15) is 5.82 Å². The van der Waals surface area contributed by atoms with Crippen molar-refractivity contribution in [2.75, 3.05) is 5.32 Å². The Kier molecular flexibility index (Phi) is 4.76. The van der Waals surface area contributed by atoms with E-state index in [1.165, 1.54) is 0 Å². The lowest BCUT2D eigenvalue weighted by Crippen LogP contribution is -2.34. The number of nitrogens with one attached hydrogen (secondary N) is 1. The van der Waals surface area contributed by atoms with Crippen LogP contribution in [0.2, 0.25) is 10.0 Å².